The van der Waals surface area contributed by atoms with Crippen molar-refractivity contribution in [3.63, 3.8) is 0 Å². The lowest BCUT2D eigenvalue weighted by molar-refractivity contribution is -0.116. The number of rotatable bonds is 2. The van der Waals surface area contributed by atoms with Crippen molar-refractivity contribution in [2.45, 2.75) is 58.3 Å². The highest BCUT2D eigenvalue weighted by Crippen LogP contribution is 2.49. The summed E-state index contributed by atoms with van der Waals surface area (Å²) in [6.45, 7) is 4.19. The van der Waals surface area contributed by atoms with Crippen LogP contribution in [-0.2, 0) is 4.79 Å². The lowest BCUT2D eigenvalue weighted by Crippen LogP contribution is -2.31. The molecule has 0 radical (unpaired) electrons. The van der Waals surface area contributed by atoms with Crippen LogP contribution in [-0.4, -0.2) is 15.6 Å². The molecule has 0 saturated heterocycles. The van der Waals surface area contributed by atoms with Crippen molar-refractivity contribution in [3.05, 3.63) is 64.5 Å². The van der Waals surface area contributed by atoms with Crippen molar-refractivity contribution in [2.24, 2.45) is 5.92 Å². The van der Waals surface area contributed by atoms with Gasteiger partial charge in [0.2, 0.25) is 0 Å². The van der Waals surface area contributed by atoms with Gasteiger partial charge in [-0.05, 0) is 64.0 Å². The van der Waals surface area contributed by atoms with Gasteiger partial charge in [-0.15, -0.1) is 0 Å². The van der Waals surface area contributed by atoms with E-state index in [0.29, 0.717) is 18.1 Å². The van der Waals surface area contributed by atoms with Gasteiger partial charge in [0, 0.05) is 29.2 Å². The molecule has 0 fully saturated rings. The zero-order valence-corrected chi connectivity index (χ0v) is 16.7. The number of Topliss-reactive ketones (excluding diaryl/α,β-unsaturated/α-hetero) is 1. The minimum absolute atomic E-state index is 0.170. The minimum Gasteiger partial charge on any atom is -0.343 e. The van der Waals surface area contributed by atoms with E-state index in [1.54, 1.807) is 0 Å². The van der Waals surface area contributed by atoms with Gasteiger partial charge >= 0.3 is 0 Å². The van der Waals surface area contributed by atoms with Crippen LogP contribution in [0.5, 0.6) is 0 Å². The van der Waals surface area contributed by atoms with Crippen molar-refractivity contribution < 1.29 is 4.79 Å². The molecule has 1 aliphatic heterocycles. The number of fused-ring (bicyclic) bond motifs is 1. The van der Waals surface area contributed by atoms with E-state index < -0.39 is 0 Å². The fraction of sp³-hybridized carbons (Fsp3) is 0.417. The molecule has 5 rings (SSSR count). The highest BCUT2D eigenvalue weighted by Gasteiger charge is 2.41. The first-order chi connectivity index (χ1) is 13.6. The number of aryl methyl sites for hydroxylation is 2. The van der Waals surface area contributed by atoms with Crippen LogP contribution < -0.4 is 5.32 Å². The number of hydrogen-bond acceptors (Lipinski definition) is 3. The second-order valence-electron chi connectivity index (χ2n) is 8.41. The maximum Gasteiger partial charge on any atom is 0.161 e. The van der Waals surface area contributed by atoms with Crippen molar-refractivity contribution in [1.29, 1.82) is 0 Å². The average Bonchev–Trinajstić information content (AvgIpc) is 3.04. The third-order valence-electron chi connectivity index (χ3n) is 6.51. The molecule has 2 aromatic rings. The Labute approximate surface area is 166 Å². The summed E-state index contributed by atoms with van der Waals surface area (Å²) in [7, 11) is 0. The molecule has 0 saturated carbocycles. The van der Waals surface area contributed by atoms with Gasteiger partial charge in [-0.2, -0.15) is 5.10 Å². The van der Waals surface area contributed by atoms with Crippen LogP contribution in [0, 0.1) is 19.8 Å². The number of aromatic nitrogens is 2. The normalized spacial score (nSPS) is 24.0. The van der Waals surface area contributed by atoms with Crippen molar-refractivity contribution in [2.75, 3.05) is 5.32 Å². The zero-order valence-electron chi connectivity index (χ0n) is 16.7. The molecule has 2 atom stereocenters. The number of nitrogens with one attached hydrogen (secondary N) is 1. The monoisotopic (exact) mass is 373 g/mol. The standard InChI is InChI=1S/C24H27N3O/c1-15-11-13-18(14-12-15)27-24-21(16(2)26-27)22(17-7-4-3-5-8-17)23-19(25-24)9-6-10-20(23)28/h3-4,11-14,17,22,25H,5-10H2,1-2H3/t17-,22+/m0/s1. The highest BCUT2D eigenvalue weighted by molar-refractivity contribution is 6.00. The first-order valence-electron chi connectivity index (χ1n) is 10.5. The van der Waals surface area contributed by atoms with E-state index in [0.717, 1.165) is 60.6 Å². The Morgan fingerprint density at radius 1 is 1.11 bits per heavy atom. The molecule has 0 amide bonds. The predicted octanol–water partition coefficient (Wildman–Crippen LogP) is 5.36. The van der Waals surface area contributed by atoms with Crippen LogP contribution in [0.15, 0.2) is 47.7 Å². The number of carbonyl (C=O) groups is 1. The molecule has 2 heterocycles. The van der Waals surface area contributed by atoms with E-state index in [2.05, 4.69) is 55.6 Å². The second-order valence-corrected chi connectivity index (χ2v) is 8.41. The van der Waals surface area contributed by atoms with Crippen LogP contribution in [0.1, 0.15) is 61.3 Å². The second kappa shape index (κ2) is 6.77. The van der Waals surface area contributed by atoms with Crippen LogP contribution in [0.4, 0.5) is 5.82 Å². The molecule has 144 valence electrons. The van der Waals surface area contributed by atoms with E-state index in [-0.39, 0.29) is 5.92 Å². The highest BCUT2D eigenvalue weighted by atomic mass is 16.1. The Morgan fingerprint density at radius 2 is 1.93 bits per heavy atom. The third kappa shape index (κ3) is 2.74. The van der Waals surface area contributed by atoms with Gasteiger partial charge in [0.1, 0.15) is 5.82 Å². The molecule has 2 aliphatic carbocycles. The van der Waals surface area contributed by atoms with E-state index >= 15 is 0 Å². The SMILES string of the molecule is Cc1ccc(-n2nc(C)c3c2NC2=C(C(=O)CCC2)[C@@H]3[C@H]2CC=CCC2)cc1. The number of nitrogens with zero attached hydrogens (tertiary/aromatic N) is 2. The molecule has 1 aromatic carbocycles. The first kappa shape index (κ1) is 17.5. The van der Waals surface area contributed by atoms with Crippen molar-refractivity contribution >= 4 is 11.6 Å². The van der Waals surface area contributed by atoms with Crippen LogP contribution in [0.3, 0.4) is 0 Å². The van der Waals surface area contributed by atoms with Crippen molar-refractivity contribution in [1.82, 2.24) is 9.78 Å². The van der Waals surface area contributed by atoms with E-state index in [4.69, 9.17) is 5.10 Å². The molecular formula is C24H27N3O. The molecule has 0 bridgehead atoms. The Morgan fingerprint density at radius 3 is 2.68 bits per heavy atom. The molecule has 1 N–H and O–H groups in total. The number of benzene rings is 1. The molecule has 0 unspecified atom stereocenters. The summed E-state index contributed by atoms with van der Waals surface area (Å²) < 4.78 is 2.04. The van der Waals surface area contributed by atoms with E-state index in [1.165, 1.54) is 11.1 Å². The zero-order chi connectivity index (χ0) is 19.3. The molecule has 3 aliphatic rings. The van der Waals surface area contributed by atoms with E-state index in [9.17, 15) is 4.79 Å². The first-order valence-corrected chi connectivity index (χ1v) is 10.5. The Kier molecular flexibility index (Phi) is 4.22. The summed E-state index contributed by atoms with van der Waals surface area (Å²) in [5.74, 6) is 2.05. The summed E-state index contributed by atoms with van der Waals surface area (Å²) in [6, 6.07) is 8.50. The largest absolute Gasteiger partial charge is 0.343 e. The third-order valence-corrected chi connectivity index (χ3v) is 6.51. The topological polar surface area (TPSA) is 46.9 Å². The molecule has 4 heteroatoms. The summed E-state index contributed by atoms with van der Waals surface area (Å²) in [5, 5.41) is 8.56. The summed E-state index contributed by atoms with van der Waals surface area (Å²) >= 11 is 0. The fourth-order valence-electron chi connectivity index (χ4n) is 5.14. The Hall–Kier alpha value is -2.62. The van der Waals surface area contributed by atoms with Gasteiger partial charge in [0.15, 0.2) is 5.78 Å². The van der Waals surface area contributed by atoms with Gasteiger partial charge in [0.05, 0.1) is 11.4 Å². The fourth-order valence-corrected chi connectivity index (χ4v) is 5.14. The van der Waals surface area contributed by atoms with Gasteiger partial charge in [-0.25, -0.2) is 4.68 Å². The number of anilines is 1. The van der Waals surface area contributed by atoms with Gasteiger partial charge in [-0.3, -0.25) is 4.79 Å². The average molecular weight is 374 g/mol. The molecule has 1 aromatic heterocycles. The van der Waals surface area contributed by atoms with Gasteiger partial charge in [-0.1, -0.05) is 29.8 Å². The molecular weight excluding hydrogens is 346 g/mol. The number of ketones is 1. The van der Waals surface area contributed by atoms with E-state index in [1.807, 2.05) is 4.68 Å². The van der Waals surface area contributed by atoms with Crippen LogP contribution in [0.2, 0.25) is 0 Å². The van der Waals surface area contributed by atoms with Crippen LogP contribution in [0.25, 0.3) is 5.69 Å². The van der Waals surface area contributed by atoms with Crippen LogP contribution >= 0.6 is 0 Å². The quantitative estimate of drug-likeness (QED) is 0.721. The number of carbonyl (C=O) groups excluding carboxylic acids is 1. The molecule has 28 heavy (non-hydrogen) atoms. The number of hydrogen-bond donors (Lipinski definition) is 1. The van der Waals surface area contributed by atoms with Crippen molar-refractivity contribution in [3.8, 4) is 5.69 Å². The Bertz CT molecular complexity index is 994. The lowest BCUT2D eigenvalue weighted by Gasteiger charge is -2.37. The summed E-state index contributed by atoms with van der Waals surface area (Å²) in [6.07, 6.45) is 10.4. The smallest absolute Gasteiger partial charge is 0.161 e. The van der Waals surface area contributed by atoms with Gasteiger partial charge < -0.3 is 5.32 Å². The predicted molar refractivity (Wildman–Crippen MR) is 112 cm³/mol. The summed E-state index contributed by atoms with van der Waals surface area (Å²) in [5.41, 5.74) is 6.75. The minimum atomic E-state index is 0.170. The maximum atomic E-state index is 13.0. The van der Waals surface area contributed by atoms with Gasteiger partial charge in [0.25, 0.3) is 0 Å². The number of allylic oxidation sites excluding steroid dienone is 4. The maximum absolute atomic E-state index is 13.0. The lowest BCUT2D eigenvalue weighted by atomic mass is 9.70. The Balaban J connectivity index is 1.68. The summed E-state index contributed by atoms with van der Waals surface area (Å²) in [4.78, 5) is 13.0. The molecule has 4 nitrogen and oxygen atoms in total. The molecule has 0 spiro atoms.